The first-order valence-electron chi connectivity index (χ1n) is 6.21. The average molecular weight is 331 g/mol. The van der Waals surface area contributed by atoms with Gasteiger partial charge in [-0.1, -0.05) is 0 Å². The van der Waals surface area contributed by atoms with E-state index in [0.29, 0.717) is 11.9 Å². The summed E-state index contributed by atoms with van der Waals surface area (Å²) in [6.45, 7) is 0.457. The molecular weight excluding hydrogens is 322 g/mol. The van der Waals surface area contributed by atoms with Gasteiger partial charge in [-0.15, -0.1) is 22.7 Å². The van der Waals surface area contributed by atoms with E-state index in [0.717, 1.165) is 21.1 Å². The van der Waals surface area contributed by atoms with Crippen molar-refractivity contribution in [3.8, 4) is 10.6 Å². The quantitative estimate of drug-likeness (QED) is 0.575. The maximum atomic E-state index is 12.3. The largest absolute Gasteiger partial charge is 0.293 e. The molecule has 21 heavy (non-hydrogen) atoms. The number of rotatable bonds is 3. The highest BCUT2D eigenvalue weighted by Gasteiger charge is 2.09. The zero-order valence-corrected chi connectivity index (χ0v) is 13.2. The van der Waals surface area contributed by atoms with E-state index in [9.17, 15) is 4.79 Å². The Bertz CT molecular complexity index is 949. The molecule has 7 heteroatoms. The number of fused-ring (bicyclic) bond motifs is 1. The monoisotopic (exact) mass is 331 g/mol. The first kappa shape index (κ1) is 12.9. The van der Waals surface area contributed by atoms with Crippen LogP contribution in [0.25, 0.3) is 20.8 Å². The van der Waals surface area contributed by atoms with Gasteiger partial charge in [-0.2, -0.15) is 11.3 Å². The molecule has 0 aromatic carbocycles. The van der Waals surface area contributed by atoms with Crippen molar-refractivity contribution in [3.05, 3.63) is 56.0 Å². The van der Waals surface area contributed by atoms with Gasteiger partial charge in [0.2, 0.25) is 0 Å². The molecule has 0 N–H and O–H groups in total. The maximum Gasteiger partial charge on any atom is 0.262 e. The predicted molar refractivity (Wildman–Crippen MR) is 88.4 cm³/mol. The number of thiazole rings is 1. The van der Waals surface area contributed by atoms with E-state index in [4.69, 9.17) is 0 Å². The second kappa shape index (κ2) is 5.18. The van der Waals surface area contributed by atoms with Crippen LogP contribution in [0.4, 0.5) is 0 Å². The Morgan fingerprint density at radius 1 is 1.14 bits per heavy atom. The van der Waals surface area contributed by atoms with Gasteiger partial charge in [-0.25, -0.2) is 9.97 Å². The summed E-state index contributed by atoms with van der Waals surface area (Å²) in [6.07, 6.45) is 1.60. The second-order valence-corrected chi connectivity index (χ2v) is 7.01. The maximum absolute atomic E-state index is 12.3. The fourth-order valence-corrected chi connectivity index (χ4v) is 4.33. The van der Waals surface area contributed by atoms with Crippen LogP contribution >= 0.6 is 34.0 Å². The summed E-state index contributed by atoms with van der Waals surface area (Å²) >= 11 is 4.74. The summed E-state index contributed by atoms with van der Waals surface area (Å²) in [4.78, 5) is 22.0. The third kappa shape index (κ3) is 2.33. The lowest BCUT2D eigenvalue weighted by Gasteiger charge is -2.02. The lowest BCUT2D eigenvalue weighted by Crippen LogP contribution is -2.20. The highest BCUT2D eigenvalue weighted by atomic mass is 32.1. The Morgan fingerprint density at radius 3 is 2.95 bits per heavy atom. The number of nitrogens with zero attached hydrogens (tertiary/aromatic N) is 3. The summed E-state index contributed by atoms with van der Waals surface area (Å²) in [6, 6.07) is 3.88. The Morgan fingerprint density at radius 2 is 2.10 bits per heavy atom. The van der Waals surface area contributed by atoms with Gasteiger partial charge < -0.3 is 0 Å². The SMILES string of the molecule is O=c1c2ccsc2ncn1Cc1csc(-c2ccsc2)n1. The van der Waals surface area contributed by atoms with Crippen LogP contribution in [0.2, 0.25) is 0 Å². The summed E-state index contributed by atoms with van der Waals surface area (Å²) < 4.78 is 1.61. The van der Waals surface area contributed by atoms with Crippen molar-refractivity contribution in [2.75, 3.05) is 0 Å². The molecule has 0 amide bonds. The Hall–Kier alpha value is -1.83. The summed E-state index contributed by atoms with van der Waals surface area (Å²) in [5.41, 5.74) is 2.01. The number of hydrogen-bond acceptors (Lipinski definition) is 6. The molecule has 0 fully saturated rings. The van der Waals surface area contributed by atoms with Gasteiger partial charge in [0, 0.05) is 16.3 Å². The summed E-state index contributed by atoms with van der Waals surface area (Å²) in [7, 11) is 0. The van der Waals surface area contributed by atoms with Crippen molar-refractivity contribution in [2.24, 2.45) is 0 Å². The summed E-state index contributed by atoms with van der Waals surface area (Å²) in [5, 5.41) is 9.67. The van der Waals surface area contributed by atoms with Crippen LogP contribution < -0.4 is 5.56 Å². The normalized spacial score (nSPS) is 11.2. The highest BCUT2D eigenvalue weighted by molar-refractivity contribution is 7.16. The minimum Gasteiger partial charge on any atom is -0.293 e. The number of thiophene rings is 2. The number of aromatic nitrogens is 3. The molecule has 0 atom stereocenters. The second-order valence-electron chi connectivity index (χ2n) is 4.47. The average Bonchev–Trinajstić information content (AvgIpc) is 3.21. The topological polar surface area (TPSA) is 47.8 Å². The summed E-state index contributed by atoms with van der Waals surface area (Å²) in [5.74, 6) is 0. The zero-order chi connectivity index (χ0) is 14.2. The zero-order valence-electron chi connectivity index (χ0n) is 10.7. The molecule has 0 aliphatic heterocycles. The van der Waals surface area contributed by atoms with Gasteiger partial charge in [-0.3, -0.25) is 9.36 Å². The molecule has 0 bridgehead atoms. The number of hydrogen-bond donors (Lipinski definition) is 0. The van der Waals surface area contributed by atoms with Crippen molar-refractivity contribution >= 4 is 44.2 Å². The molecule has 4 heterocycles. The van der Waals surface area contributed by atoms with Gasteiger partial charge in [0.1, 0.15) is 9.84 Å². The van der Waals surface area contributed by atoms with Crippen molar-refractivity contribution in [1.29, 1.82) is 0 Å². The molecule has 0 aliphatic rings. The van der Waals surface area contributed by atoms with Crippen molar-refractivity contribution in [1.82, 2.24) is 14.5 Å². The van der Waals surface area contributed by atoms with Crippen molar-refractivity contribution in [2.45, 2.75) is 6.54 Å². The first-order chi connectivity index (χ1) is 10.3. The first-order valence-corrected chi connectivity index (χ1v) is 8.91. The Kier molecular flexibility index (Phi) is 3.17. The highest BCUT2D eigenvalue weighted by Crippen LogP contribution is 2.25. The minimum atomic E-state index is -0.00802. The van der Waals surface area contributed by atoms with Gasteiger partial charge in [0.05, 0.1) is 24.0 Å². The smallest absolute Gasteiger partial charge is 0.262 e. The van der Waals surface area contributed by atoms with E-state index < -0.39 is 0 Å². The standard InChI is InChI=1S/C14H9N3OS3/c18-14-11-2-4-20-13(11)15-8-17(14)5-10-7-21-12(16-10)9-1-3-19-6-9/h1-4,6-8H,5H2. The van der Waals surface area contributed by atoms with Crippen LogP contribution in [0.1, 0.15) is 5.69 Å². The Labute approximate surface area is 132 Å². The van der Waals surface area contributed by atoms with E-state index in [1.54, 1.807) is 33.6 Å². The molecule has 0 aliphatic carbocycles. The molecule has 0 saturated heterocycles. The minimum absolute atomic E-state index is 0.00802. The van der Waals surface area contributed by atoms with Gasteiger partial charge in [0.15, 0.2) is 0 Å². The van der Waals surface area contributed by atoms with Crippen LogP contribution in [0.3, 0.4) is 0 Å². The Balaban J connectivity index is 1.68. The van der Waals surface area contributed by atoms with Crippen molar-refractivity contribution < 1.29 is 0 Å². The molecule has 0 radical (unpaired) electrons. The van der Waals surface area contributed by atoms with Crippen LogP contribution in [0, 0.1) is 0 Å². The third-order valence-corrected chi connectivity index (χ3v) is 5.55. The molecule has 4 rings (SSSR count). The molecule has 4 nitrogen and oxygen atoms in total. The van der Waals surface area contributed by atoms with Gasteiger partial charge in [0.25, 0.3) is 5.56 Å². The van der Waals surface area contributed by atoms with Crippen LogP contribution in [-0.2, 0) is 6.54 Å². The van der Waals surface area contributed by atoms with E-state index in [1.807, 2.05) is 22.2 Å². The fourth-order valence-electron chi connectivity index (χ4n) is 2.08. The van der Waals surface area contributed by atoms with Gasteiger partial charge in [-0.05, 0) is 22.9 Å². The van der Waals surface area contributed by atoms with Crippen LogP contribution in [-0.4, -0.2) is 14.5 Å². The molecule has 4 aromatic rings. The molecule has 0 saturated carbocycles. The lowest BCUT2D eigenvalue weighted by atomic mass is 10.3. The molecule has 104 valence electrons. The molecule has 0 spiro atoms. The van der Waals surface area contributed by atoms with Crippen LogP contribution in [0.15, 0.2) is 44.8 Å². The molecule has 4 aromatic heterocycles. The molecular formula is C14H9N3OS3. The van der Waals surface area contributed by atoms with Crippen LogP contribution in [0.5, 0.6) is 0 Å². The fraction of sp³-hybridized carbons (Fsp3) is 0.0714. The van der Waals surface area contributed by atoms with E-state index in [-0.39, 0.29) is 5.56 Å². The van der Waals surface area contributed by atoms with E-state index in [2.05, 4.69) is 21.4 Å². The van der Waals surface area contributed by atoms with Gasteiger partial charge >= 0.3 is 0 Å². The predicted octanol–water partition coefficient (Wildman–Crippen LogP) is 3.69. The molecule has 0 unspecified atom stereocenters. The third-order valence-electron chi connectivity index (χ3n) is 3.10. The van der Waals surface area contributed by atoms with E-state index in [1.165, 1.54) is 11.3 Å². The van der Waals surface area contributed by atoms with E-state index >= 15 is 0 Å². The lowest BCUT2D eigenvalue weighted by molar-refractivity contribution is 0.735. The van der Waals surface area contributed by atoms with Crippen molar-refractivity contribution in [3.63, 3.8) is 0 Å².